The summed E-state index contributed by atoms with van der Waals surface area (Å²) in [5, 5.41) is 8.72. The summed E-state index contributed by atoms with van der Waals surface area (Å²) in [6.45, 7) is 2.19. The third-order valence-electron chi connectivity index (χ3n) is 2.15. The lowest BCUT2D eigenvalue weighted by Crippen LogP contribution is -1.89. The lowest BCUT2D eigenvalue weighted by Gasteiger charge is -1.96. The molecule has 1 aromatic heterocycles. The van der Waals surface area contributed by atoms with Crippen molar-refractivity contribution in [1.29, 1.82) is 0 Å². The number of hydrogen-bond acceptors (Lipinski definition) is 2. The fourth-order valence-electron chi connectivity index (χ4n) is 1.35. The Morgan fingerprint density at radius 3 is 2.60 bits per heavy atom. The van der Waals surface area contributed by atoms with Gasteiger partial charge in [0.15, 0.2) is 0 Å². The molecule has 86 valence electrons. The van der Waals surface area contributed by atoms with Crippen LogP contribution in [0.4, 0.5) is 0 Å². The summed E-state index contributed by atoms with van der Waals surface area (Å²) in [5.41, 5.74) is 0. The Labute approximate surface area is 101 Å². The van der Waals surface area contributed by atoms with Crippen molar-refractivity contribution in [2.75, 3.05) is 0 Å². The number of halogens is 1. The van der Waals surface area contributed by atoms with Gasteiger partial charge in [-0.2, -0.15) is 0 Å². The van der Waals surface area contributed by atoms with Crippen LogP contribution in [-0.2, 0) is 6.42 Å². The van der Waals surface area contributed by atoms with E-state index in [1.165, 1.54) is 41.9 Å². The van der Waals surface area contributed by atoms with Crippen molar-refractivity contribution in [3.05, 3.63) is 21.9 Å². The Morgan fingerprint density at radius 1 is 1.33 bits per heavy atom. The molecule has 15 heavy (non-hydrogen) atoms. The molecule has 4 heteroatoms. The van der Waals surface area contributed by atoms with Crippen LogP contribution in [0.1, 0.15) is 47.2 Å². The van der Waals surface area contributed by atoms with Crippen LogP contribution in [0.2, 0.25) is 0 Å². The predicted octanol–water partition coefficient (Wildman–Crippen LogP) is 3.99. The minimum absolute atomic E-state index is 0. The zero-order valence-corrected chi connectivity index (χ0v) is 10.5. The van der Waals surface area contributed by atoms with Crippen LogP contribution in [0.25, 0.3) is 0 Å². The molecule has 0 atom stereocenters. The number of rotatable bonds is 6. The first kappa shape index (κ1) is 14.5. The molecule has 0 saturated heterocycles. The zero-order valence-electron chi connectivity index (χ0n) is 8.86. The Kier molecular flexibility index (Phi) is 7.44. The van der Waals surface area contributed by atoms with E-state index < -0.39 is 5.97 Å². The molecular formula is C11H17ClO2S. The van der Waals surface area contributed by atoms with Gasteiger partial charge in [-0.15, -0.1) is 23.7 Å². The first-order valence-corrected chi connectivity index (χ1v) is 5.87. The standard InChI is InChI=1S/C11H16O2S.ClH/c1-2-3-4-5-6-9-7-8-10(14-9)11(12)13;/h7-8H,2-6H2,1H3,(H,12,13);1H. The molecule has 0 aromatic carbocycles. The van der Waals surface area contributed by atoms with E-state index in [0.717, 1.165) is 6.42 Å². The Balaban J connectivity index is 0.00000196. The molecule has 0 saturated carbocycles. The maximum atomic E-state index is 10.6. The fourth-order valence-corrected chi connectivity index (χ4v) is 2.24. The van der Waals surface area contributed by atoms with Gasteiger partial charge >= 0.3 is 5.97 Å². The quantitative estimate of drug-likeness (QED) is 0.773. The highest BCUT2D eigenvalue weighted by atomic mass is 35.5. The van der Waals surface area contributed by atoms with E-state index in [0.29, 0.717) is 4.88 Å². The summed E-state index contributed by atoms with van der Waals surface area (Å²) in [7, 11) is 0. The van der Waals surface area contributed by atoms with Crippen molar-refractivity contribution in [2.24, 2.45) is 0 Å². The average Bonchev–Trinajstić information content (AvgIpc) is 2.61. The summed E-state index contributed by atoms with van der Waals surface area (Å²) in [4.78, 5) is 12.2. The van der Waals surface area contributed by atoms with Crippen molar-refractivity contribution in [3.8, 4) is 0 Å². The monoisotopic (exact) mass is 248 g/mol. The molecule has 1 N–H and O–H groups in total. The molecule has 1 aromatic rings. The number of thiophene rings is 1. The molecule has 0 unspecified atom stereocenters. The van der Waals surface area contributed by atoms with Gasteiger partial charge < -0.3 is 5.11 Å². The Hall–Kier alpha value is -0.540. The summed E-state index contributed by atoms with van der Waals surface area (Å²) in [6, 6.07) is 3.63. The summed E-state index contributed by atoms with van der Waals surface area (Å²) >= 11 is 1.40. The average molecular weight is 249 g/mol. The highest BCUT2D eigenvalue weighted by Crippen LogP contribution is 2.18. The first-order chi connectivity index (χ1) is 6.74. The number of unbranched alkanes of at least 4 members (excludes halogenated alkanes) is 3. The highest BCUT2D eigenvalue weighted by molar-refractivity contribution is 7.13. The molecule has 1 rings (SSSR count). The number of aryl methyl sites for hydroxylation is 1. The van der Waals surface area contributed by atoms with Gasteiger partial charge in [0.2, 0.25) is 0 Å². The van der Waals surface area contributed by atoms with Gasteiger partial charge in [-0.1, -0.05) is 26.2 Å². The molecule has 1 heterocycles. The largest absolute Gasteiger partial charge is 0.477 e. The summed E-state index contributed by atoms with van der Waals surface area (Å²) in [6.07, 6.45) is 5.96. The van der Waals surface area contributed by atoms with Crippen molar-refractivity contribution < 1.29 is 9.90 Å². The van der Waals surface area contributed by atoms with Crippen LogP contribution in [-0.4, -0.2) is 11.1 Å². The van der Waals surface area contributed by atoms with Crippen LogP contribution < -0.4 is 0 Å². The molecule has 0 aliphatic rings. The number of carboxylic acids is 1. The smallest absolute Gasteiger partial charge is 0.345 e. The number of carboxylic acid groups (broad SMARTS) is 1. The number of aromatic carboxylic acids is 1. The van der Waals surface area contributed by atoms with E-state index >= 15 is 0 Å². The van der Waals surface area contributed by atoms with Crippen LogP contribution in [0.3, 0.4) is 0 Å². The van der Waals surface area contributed by atoms with E-state index in [1.807, 2.05) is 6.07 Å². The molecule has 0 aliphatic carbocycles. The van der Waals surface area contributed by atoms with E-state index in [2.05, 4.69) is 6.92 Å². The van der Waals surface area contributed by atoms with Gasteiger partial charge in [-0.3, -0.25) is 0 Å². The third-order valence-corrected chi connectivity index (χ3v) is 3.28. The molecule has 0 spiro atoms. The fraction of sp³-hybridized carbons (Fsp3) is 0.545. The summed E-state index contributed by atoms with van der Waals surface area (Å²) in [5.74, 6) is -0.810. The van der Waals surface area contributed by atoms with E-state index in [4.69, 9.17) is 5.11 Å². The van der Waals surface area contributed by atoms with Gasteiger partial charge in [0.05, 0.1) is 0 Å². The molecule has 0 aliphatic heterocycles. The van der Waals surface area contributed by atoms with Crippen molar-refractivity contribution >= 4 is 29.7 Å². The van der Waals surface area contributed by atoms with Gasteiger partial charge in [0, 0.05) is 4.88 Å². The van der Waals surface area contributed by atoms with Crippen molar-refractivity contribution in [1.82, 2.24) is 0 Å². The summed E-state index contributed by atoms with van der Waals surface area (Å²) < 4.78 is 0. The van der Waals surface area contributed by atoms with Gasteiger partial charge in [0.25, 0.3) is 0 Å². The number of carbonyl (C=O) groups is 1. The highest BCUT2D eigenvalue weighted by Gasteiger charge is 2.05. The minimum Gasteiger partial charge on any atom is -0.477 e. The second-order valence-corrected chi connectivity index (χ2v) is 4.55. The molecule has 0 fully saturated rings. The normalized spacial score (nSPS) is 9.67. The van der Waals surface area contributed by atoms with E-state index in [9.17, 15) is 4.79 Å². The molecule has 0 bridgehead atoms. The molecular weight excluding hydrogens is 232 g/mol. The van der Waals surface area contributed by atoms with Gasteiger partial charge in [0.1, 0.15) is 4.88 Å². The van der Waals surface area contributed by atoms with Crippen LogP contribution in [0.15, 0.2) is 12.1 Å². The minimum atomic E-state index is -0.810. The van der Waals surface area contributed by atoms with Crippen LogP contribution in [0, 0.1) is 0 Å². The van der Waals surface area contributed by atoms with E-state index in [-0.39, 0.29) is 12.4 Å². The maximum Gasteiger partial charge on any atom is 0.345 e. The van der Waals surface area contributed by atoms with Gasteiger partial charge in [-0.05, 0) is 25.0 Å². The Bertz CT molecular complexity index is 297. The third kappa shape index (κ3) is 5.19. The maximum absolute atomic E-state index is 10.6. The lowest BCUT2D eigenvalue weighted by molar-refractivity contribution is 0.0702. The first-order valence-electron chi connectivity index (χ1n) is 5.06. The second kappa shape index (κ2) is 7.71. The zero-order chi connectivity index (χ0) is 10.4. The van der Waals surface area contributed by atoms with Crippen molar-refractivity contribution in [3.63, 3.8) is 0 Å². The van der Waals surface area contributed by atoms with Crippen LogP contribution in [0.5, 0.6) is 0 Å². The molecule has 2 nitrogen and oxygen atoms in total. The van der Waals surface area contributed by atoms with E-state index in [1.54, 1.807) is 6.07 Å². The van der Waals surface area contributed by atoms with Crippen LogP contribution >= 0.6 is 23.7 Å². The SMILES string of the molecule is CCCCCCc1ccc(C(=O)O)s1.Cl. The van der Waals surface area contributed by atoms with Crippen molar-refractivity contribution in [2.45, 2.75) is 39.0 Å². The lowest BCUT2D eigenvalue weighted by atomic mass is 10.1. The van der Waals surface area contributed by atoms with Gasteiger partial charge in [-0.25, -0.2) is 4.79 Å². The number of hydrogen-bond donors (Lipinski definition) is 1. The Morgan fingerprint density at radius 2 is 2.07 bits per heavy atom. The molecule has 0 radical (unpaired) electrons. The predicted molar refractivity (Wildman–Crippen MR) is 66.4 cm³/mol. The second-order valence-electron chi connectivity index (χ2n) is 3.38. The molecule has 0 amide bonds. The topological polar surface area (TPSA) is 37.3 Å².